The third kappa shape index (κ3) is 6.52. The average Bonchev–Trinajstić information content (AvgIpc) is 2.89. The molecule has 0 spiro atoms. The number of ether oxygens (including phenoxy) is 1. The van der Waals surface area contributed by atoms with E-state index in [1.54, 1.807) is 6.92 Å². The number of rotatable bonds is 8. The van der Waals surface area contributed by atoms with Crippen LogP contribution in [0.3, 0.4) is 0 Å². The molecule has 1 aliphatic carbocycles. The molecule has 37 heavy (non-hydrogen) atoms. The lowest BCUT2D eigenvalue weighted by Gasteiger charge is -2.29. The van der Waals surface area contributed by atoms with Crippen molar-refractivity contribution in [2.45, 2.75) is 77.3 Å². The molecule has 3 aromatic carbocycles. The molecule has 1 saturated carbocycles. The molecule has 0 bridgehead atoms. The van der Waals surface area contributed by atoms with Gasteiger partial charge in [-0.1, -0.05) is 56.9 Å². The fourth-order valence-electron chi connectivity index (χ4n) is 5.35. The van der Waals surface area contributed by atoms with E-state index in [2.05, 4.69) is 19.1 Å². The lowest BCUT2D eigenvalue weighted by atomic mass is 9.77. The highest BCUT2D eigenvalue weighted by atomic mass is 19.4. The number of hydrogen-bond acceptors (Lipinski definition) is 1. The minimum absolute atomic E-state index is 0.00723. The van der Waals surface area contributed by atoms with Crippen LogP contribution in [0.2, 0.25) is 0 Å². The predicted molar refractivity (Wildman–Crippen MR) is 137 cm³/mol. The van der Waals surface area contributed by atoms with Gasteiger partial charge in [0.15, 0.2) is 11.6 Å². The summed E-state index contributed by atoms with van der Waals surface area (Å²) in [6.45, 7) is 3.85. The minimum atomic E-state index is -4.49. The van der Waals surface area contributed by atoms with Crippen LogP contribution in [0.5, 0.6) is 11.5 Å². The quantitative estimate of drug-likeness (QED) is 0.214. The molecule has 0 amide bonds. The SMILES string of the molecule is CCCCCC1CCC(c2ccc(-c3cc(F)c(F)c(Oc4ccc(C(F)(F)F)cc4)c3C)cc2)CC1. The Bertz CT molecular complexity index is 1170. The van der Waals surface area contributed by atoms with Gasteiger partial charge < -0.3 is 4.74 Å². The first-order chi connectivity index (χ1) is 17.7. The monoisotopic (exact) mass is 516 g/mol. The molecular weight excluding hydrogens is 483 g/mol. The normalized spacial score (nSPS) is 18.1. The van der Waals surface area contributed by atoms with E-state index in [4.69, 9.17) is 4.74 Å². The standard InChI is InChI=1S/C31H33F5O/c1-3-4-5-6-21-7-9-22(10-8-21)23-11-13-24(14-12-23)27-19-28(32)29(33)30(20(27)2)37-26-17-15-25(16-18-26)31(34,35)36/h11-19,21-22H,3-10H2,1-2H3. The van der Waals surface area contributed by atoms with Crippen LogP contribution in [-0.4, -0.2) is 0 Å². The van der Waals surface area contributed by atoms with Gasteiger partial charge in [-0.05, 0) is 91.5 Å². The molecule has 198 valence electrons. The maximum atomic E-state index is 14.7. The molecule has 0 aliphatic heterocycles. The number of unbranched alkanes of at least 4 members (excludes halogenated alkanes) is 2. The second-order valence-corrected chi connectivity index (χ2v) is 10.1. The maximum absolute atomic E-state index is 14.7. The fourth-order valence-corrected chi connectivity index (χ4v) is 5.35. The van der Waals surface area contributed by atoms with Gasteiger partial charge in [-0.3, -0.25) is 0 Å². The summed E-state index contributed by atoms with van der Waals surface area (Å²) in [6.07, 6.45) is 5.56. The topological polar surface area (TPSA) is 9.23 Å². The predicted octanol–water partition coefficient (Wildman–Crippen LogP) is 10.6. The summed E-state index contributed by atoms with van der Waals surface area (Å²) in [5.41, 5.74) is 2.00. The van der Waals surface area contributed by atoms with Crippen molar-refractivity contribution in [2.24, 2.45) is 5.92 Å². The molecular formula is C31H33F5O. The van der Waals surface area contributed by atoms with Crippen LogP contribution in [0, 0.1) is 24.5 Å². The van der Waals surface area contributed by atoms with Crippen LogP contribution in [0.4, 0.5) is 22.0 Å². The molecule has 0 saturated heterocycles. The van der Waals surface area contributed by atoms with E-state index in [1.807, 2.05) is 12.1 Å². The van der Waals surface area contributed by atoms with E-state index in [1.165, 1.54) is 56.9 Å². The average molecular weight is 517 g/mol. The van der Waals surface area contributed by atoms with E-state index in [0.29, 0.717) is 17.0 Å². The van der Waals surface area contributed by atoms with E-state index in [0.717, 1.165) is 41.8 Å². The summed E-state index contributed by atoms with van der Waals surface area (Å²) in [5, 5.41) is 0. The van der Waals surface area contributed by atoms with Crippen molar-refractivity contribution in [3.05, 3.63) is 82.9 Å². The first kappa shape index (κ1) is 27.2. The highest BCUT2D eigenvalue weighted by Crippen LogP contribution is 2.40. The molecule has 1 aliphatic rings. The van der Waals surface area contributed by atoms with Crippen molar-refractivity contribution < 1.29 is 26.7 Å². The Morgan fingerprint density at radius 2 is 1.51 bits per heavy atom. The Kier molecular flexibility index (Phi) is 8.56. The van der Waals surface area contributed by atoms with Crippen LogP contribution in [0.15, 0.2) is 54.6 Å². The van der Waals surface area contributed by atoms with Crippen LogP contribution in [0.1, 0.15) is 80.9 Å². The molecule has 4 rings (SSSR count). The third-order valence-electron chi connectivity index (χ3n) is 7.58. The zero-order chi connectivity index (χ0) is 26.6. The Labute approximate surface area is 215 Å². The van der Waals surface area contributed by atoms with Crippen molar-refractivity contribution in [3.63, 3.8) is 0 Å². The largest absolute Gasteiger partial charge is 0.454 e. The minimum Gasteiger partial charge on any atom is -0.454 e. The lowest BCUT2D eigenvalue weighted by Crippen LogP contribution is -2.13. The number of alkyl halides is 3. The van der Waals surface area contributed by atoms with Crippen molar-refractivity contribution >= 4 is 0 Å². The van der Waals surface area contributed by atoms with Gasteiger partial charge in [0.25, 0.3) is 0 Å². The van der Waals surface area contributed by atoms with Gasteiger partial charge in [-0.15, -0.1) is 0 Å². The van der Waals surface area contributed by atoms with Gasteiger partial charge in [0.05, 0.1) is 5.56 Å². The van der Waals surface area contributed by atoms with Crippen molar-refractivity contribution in [1.82, 2.24) is 0 Å². The Morgan fingerprint density at radius 1 is 0.865 bits per heavy atom. The van der Waals surface area contributed by atoms with Gasteiger partial charge in [-0.25, -0.2) is 4.39 Å². The lowest BCUT2D eigenvalue weighted by molar-refractivity contribution is -0.137. The van der Waals surface area contributed by atoms with Gasteiger partial charge in [0, 0.05) is 5.56 Å². The Hall–Kier alpha value is -2.89. The highest BCUT2D eigenvalue weighted by molar-refractivity contribution is 5.70. The molecule has 1 fully saturated rings. The summed E-state index contributed by atoms with van der Waals surface area (Å²) < 4.78 is 73.3. The zero-order valence-electron chi connectivity index (χ0n) is 21.3. The molecule has 0 heterocycles. The van der Waals surface area contributed by atoms with Crippen LogP contribution >= 0.6 is 0 Å². The Balaban J connectivity index is 1.49. The van der Waals surface area contributed by atoms with Crippen molar-refractivity contribution in [1.29, 1.82) is 0 Å². The van der Waals surface area contributed by atoms with Gasteiger partial charge in [0.1, 0.15) is 5.75 Å². The molecule has 0 radical (unpaired) electrons. The van der Waals surface area contributed by atoms with E-state index in [-0.39, 0.29) is 11.5 Å². The van der Waals surface area contributed by atoms with Crippen LogP contribution < -0.4 is 4.74 Å². The Morgan fingerprint density at radius 3 is 2.11 bits per heavy atom. The van der Waals surface area contributed by atoms with Gasteiger partial charge in [0.2, 0.25) is 5.82 Å². The van der Waals surface area contributed by atoms with Gasteiger partial charge in [-0.2, -0.15) is 17.6 Å². The van der Waals surface area contributed by atoms with Crippen LogP contribution in [0.25, 0.3) is 11.1 Å². The first-order valence-electron chi connectivity index (χ1n) is 13.1. The summed E-state index contributed by atoms with van der Waals surface area (Å²) in [6, 6.07) is 13.0. The molecule has 6 heteroatoms. The number of benzene rings is 3. The van der Waals surface area contributed by atoms with Crippen molar-refractivity contribution in [2.75, 3.05) is 0 Å². The van der Waals surface area contributed by atoms with E-state index < -0.39 is 23.4 Å². The third-order valence-corrected chi connectivity index (χ3v) is 7.58. The molecule has 1 nitrogen and oxygen atoms in total. The molecule has 0 atom stereocenters. The second-order valence-electron chi connectivity index (χ2n) is 10.1. The van der Waals surface area contributed by atoms with E-state index >= 15 is 0 Å². The van der Waals surface area contributed by atoms with E-state index in [9.17, 15) is 22.0 Å². The molecule has 0 N–H and O–H groups in total. The first-order valence-corrected chi connectivity index (χ1v) is 13.1. The van der Waals surface area contributed by atoms with Crippen LogP contribution in [-0.2, 0) is 6.18 Å². The smallest absolute Gasteiger partial charge is 0.416 e. The highest BCUT2D eigenvalue weighted by Gasteiger charge is 2.30. The summed E-state index contributed by atoms with van der Waals surface area (Å²) in [5.74, 6) is -1.25. The summed E-state index contributed by atoms with van der Waals surface area (Å²) in [7, 11) is 0. The summed E-state index contributed by atoms with van der Waals surface area (Å²) in [4.78, 5) is 0. The number of halogens is 5. The molecule has 3 aromatic rings. The van der Waals surface area contributed by atoms with Crippen molar-refractivity contribution in [3.8, 4) is 22.6 Å². The van der Waals surface area contributed by atoms with Gasteiger partial charge >= 0.3 is 6.18 Å². The fraction of sp³-hybridized carbons (Fsp3) is 0.419. The second kappa shape index (κ2) is 11.7. The summed E-state index contributed by atoms with van der Waals surface area (Å²) >= 11 is 0. The zero-order valence-corrected chi connectivity index (χ0v) is 21.3. The molecule has 0 aromatic heterocycles. The number of hydrogen-bond donors (Lipinski definition) is 0. The molecule has 0 unspecified atom stereocenters. The maximum Gasteiger partial charge on any atom is 0.416 e.